The van der Waals surface area contributed by atoms with Gasteiger partial charge in [-0.3, -0.25) is 9.58 Å². The van der Waals surface area contributed by atoms with Gasteiger partial charge >= 0.3 is 0 Å². The summed E-state index contributed by atoms with van der Waals surface area (Å²) in [5, 5.41) is 17.8. The molecule has 2 aromatic rings. The summed E-state index contributed by atoms with van der Waals surface area (Å²) in [6.07, 6.45) is 9.72. The number of nitrogens with zero attached hydrogens (tertiary/aromatic N) is 5. The van der Waals surface area contributed by atoms with E-state index in [-0.39, 0.29) is 6.61 Å². The van der Waals surface area contributed by atoms with Crippen molar-refractivity contribution in [2.75, 3.05) is 26.2 Å². The van der Waals surface area contributed by atoms with Crippen molar-refractivity contribution in [2.45, 2.75) is 57.8 Å². The summed E-state index contributed by atoms with van der Waals surface area (Å²) >= 11 is 0. The Bertz CT molecular complexity index is 685. The van der Waals surface area contributed by atoms with E-state index in [4.69, 9.17) is 5.10 Å². The maximum atomic E-state index is 9.57. The topological polar surface area (TPSA) is 71.1 Å². The number of fused-ring (bicyclic) bond motifs is 1. The van der Waals surface area contributed by atoms with E-state index in [9.17, 15) is 5.11 Å². The van der Waals surface area contributed by atoms with Crippen molar-refractivity contribution in [3.05, 3.63) is 24.2 Å². The smallest absolute Gasteiger partial charge is 0.160 e. The van der Waals surface area contributed by atoms with Crippen molar-refractivity contribution in [2.24, 2.45) is 0 Å². The molecule has 0 spiro atoms. The second-order valence-electron chi connectivity index (χ2n) is 7.44. The van der Waals surface area contributed by atoms with Gasteiger partial charge in [-0.25, -0.2) is 4.98 Å². The highest BCUT2D eigenvalue weighted by atomic mass is 16.3. The van der Waals surface area contributed by atoms with Gasteiger partial charge in [0.05, 0.1) is 12.3 Å². The Hall–Kier alpha value is -1.70. The minimum atomic E-state index is 0.282. The molecule has 1 atom stereocenters. The lowest BCUT2D eigenvalue weighted by atomic mass is 10.0. The predicted molar refractivity (Wildman–Crippen MR) is 101 cm³/mol. The van der Waals surface area contributed by atoms with Gasteiger partial charge in [0.1, 0.15) is 5.69 Å². The van der Waals surface area contributed by atoms with E-state index >= 15 is 0 Å². The van der Waals surface area contributed by atoms with E-state index in [0.29, 0.717) is 6.04 Å². The molecule has 2 aliphatic heterocycles. The number of hydrogen-bond acceptors (Lipinski definition) is 5. The molecule has 0 bridgehead atoms. The molecule has 26 heavy (non-hydrogen) atoms. The third kappa shape index (κ3) is 3.84. The van der Waals surface area contributed by atoms with Crippen LogP contribution in [0.1, 0.15) is 37.8 Å². The second-order valence-corrected chi connectivity index (χ2v) is 7.44. The molecule has 7 heteroatoms. The van der Waals surface area contributed by atoms with Crippen LogP contribution in [0.4, 0.5) is 0 Å². The third-order valence-electron chi connectivity index (χ3n) is 5.64. The number of rotatable bonds is 6. The number of aryl methyl sites for hydroxylation is 2. The number of aromatic nitrogens is 4. The highest BCUT2D eigenvalue weighted by molar-refractivity contribution is 5.50. The van der Waals surface area contributed by atoms with Crippen LogP contribution in [0.2, 0.25) is 0 Å². The highest BCUT2D eigenvalue weighted by Gasteiger charge is 2.21. The quantitative estimate of drug-likeness (QED) is 0.818. The van der Waals surface area contributed by atoms with Gasteiger partial charge < -0.3 is 15.0 Å². The average Bonchev–Trinajstić information content (AvgIpc) is 3.23. The Morgan fingerprint density at radius 1 is 1.19 bits per heavy atom. The first-order chi connectivity index (χ1) is 12.8. The fourth-order valence-corrected chi connectivity index (χ4v) is 4.20. The summed E-state index contributed by atoms with van der Waals surface area (Å²) in [5.74, 6) is 0.961. The number of aliphatic hydroxyl groups is 1. The summed E-state index contributed by atoms with van der Waals surface area (Å²) in [7, 11) is 0. The molecule has 4 rings (SSSR count). The fourth-order valence-electron chi connectivity index (χ4n) is 4.20. The summed E-state index contributed by atoms with van der Waals surface area (Å²) < 4.78 is 4.33. The van der Waals surface area contributed by atoms with Gasteiger partial charge in [0.2, 0.25) is 0 Å². The molecule has 1 saturated heterocycles. The molecular formula is C19H30N6O. The molecule has 2 aliphatic rings. The Balaban J connectivity index is 1.39. The van der Waals surface area contributed by atoms with Crippen LogP contribution in [0, 0.1) is 0 Å². The van der Waals surface area contributed by atoms with Crippen molar-refractivity contribution < 1.29 is 5.11 Å². The monoisotopic (exact) mass is 358 g/mol. The van der Waals surface area contributed by atoms with E-state index in [1.807, 2.05) is 6.20 Å². The number of imidazole rings is 1. The van der Waals surface area contributed by atoms with Crippen molar-refractivity contribution in [1.82, 2.24) is 29.5 Å². The van der Waals surface area contributed by atoms with Gasteiger partial charge in [0.25, 0.3) is 0 Å². The van der Waals surface area contributed by atoms with Gasteiger partial charge in [0, 0.05) is 44.6 Å². The van der Waals surface area contributed by atoms with Gasteiger partial charge in [-0.1, -0.05) is 6.42 Å². The van der Waals surface area contributed by atoms with Crippen molar-refractivity contribution in [3.8, 4) is 11.5 Å². The first-order valence-corrected chi connectivity index (χ1v) is 9.99. The van der Waals surface area contributed by atoms with E-state index < -0.39 is 0 Å². The van der Waals surface area contributed by atoms with E-state index in [1.54, 1.807) is 0 Å². The number of hydrogen-bond donors (Lipinski definition) is 2. The molecule has 1 fully saturated rings. The summed E-state index contributed by atoms with van der Waals surface area (Å²) in [5.41, 5.74) is 2.21. The SMILES string of the molecule is OCC1CCCCN1CCCn1ccnc1-c1cc2n(n1)CCCNC2. The molecule has 7 nitrogen and oxygen atoms in total. The van der Waals surface area contributed by atoms with E-state index in [2.05, 4.69) is 36.7 Å². The van der Waals surface area contributed by atoms with Gasteiger partial charge in [-0.15, -0.1) is 0 Å². The lowest BCUT2D eigenvalue weighted by Crippen LogP contribution is -2.42. The molecule has 2 aromatic heterocycles. The Kier molecular flexibility index (Phi) is 5.67. The highest BCUT2D eigenvalue weighted by Crippen LogP contribution is 2.20. The Labute approximate surface area is 155 Å². The molecule has 142 valence electrons. The lowest BCUT2D eigenvalue weighted by Gasteiger charge is -2.34. The fraction of sp³-hybridized carbons (Fsp3) is 0.684. The maximum Gasteiger partial charge on any atom is 0.160 e. The van der Waals surface area contributed by atoms with Crippen LogP contribution >= 0.6 is 0 Å². The standard InChI is InChI=1S/C19H30N6O/c26-15-16-5-1-2-8-23(16)9-4-10-24-12-7-21-19(24)18-13-17-14-20-6-3-11-25(17)22-18/h7,12-13,16,20,26H,1-6,8-11,14-15H2. The van der Waals surface area contributed by atoms with Crippen LogP contribution in [0.3, 0.4) is 0 Å². The largest absolute Gasteiger partial charge is 0.395 e. The molecule has 0 saturated carbocycles. The van der Waals surface area contributed by atoms with Crippen LogP contribution in [0.25, 0.3) is 11.5 Å². The molecule has 0 amide bonds. The first-order valence-electron chi connectivity index (χ1n) is 9.99. The summed E-state index contributed by atoms with van der Waals surface area (Å²) in [4.78, 5) is 7.01. The zero-order valence-electron chi connectivity index (χ0n) is 15.5. The van der Waals surface area contributed by atoms with Crippen molar-refractivity contribution in [1.29, 1.82) is 0 Å². The maximum absolute atomic E-state index is 9.57. The van der Waals surface area contributed by atoms with Crippen LogP contribution in [0.5, 0.6) is 0 Å². The zero-order valence-corrected chi connectivity index (χ0v) is 15.5. The second kappa shape index (κ2) is 8.33. The van der Waals surface area contributed by atoms with Crippen LogP contribution in [-0.2, 0) is 19.6 Å². The summed E-state index contributed by atoms with van der Waals surface area (Å²) in [6, 6.07) is 2.52. The van der Waals surface area contributed by atoms with Crippen molar-refractivity contribution in [3.63, 3.8) is 0 Å². The van der Waals surface area contributed by atoms with Gasteiger partial charge in [-0.05, 0) is 44.8 Å². The average molecular weight is 358 g/mol. The molecule has 0 aliphatic carbocycles. The lowest BCUT2D eigenvalue weighted by molar-refractivity contribution is 0.0882. The minimum Gasteiger partial charge on any atom is -0.395 e. The molecule has 0 radical (unpaired) electrons. The van der Waals surface area contributed by atoms with Gasteiger partial charge in [-0.2, -0.15) is 5.10 Å². The summed E-state index contributed by atoms with van der Waals surface area (Å²) in [6.45, 7) is 6.27. The van der Waals surface area contributed by atoms with Gasteiger partial charge in [0.15, 0.2) is 5.82 Å². The van der Waals surface area contributed by atoms with E-state index in [0.717, 1.165) is 70.0 Å². The van der Waals surface area contributed by atoms with Crippen LogP contribution in [-0.4, -0.2) is 61.6 Å². The molecule has 4 heterocycles. The molecular weight excluding hydrogens is 328 g/mol. The number of piperidine rings is 1. The predicted octanol–water partition coefficient (Wildman–Crippen LogP) is 1.48. The zero-order chi connectivity index (χ0) is 17.8. The Morgan fingerprint density at radius 2 is 2.15 bits per heavy atom. The minimum absolute atomic E-state index is 0.282. The normalized spacial score (nSPS) is 21.5. The van der Waals surface area contributed by atoms with Crippen molar-refractivity contribution >= 4 is 0 Å². The van der Waals surface area contributed by atoms with Crippen LogP contribution in [0.15, 0.2) is 18.5 Å². The molecule has 0 aromatic carbocycles. The third-order valence-corrected chi connectivity index (χ3v) is 5.64. The van der Waals surface area contributed by atoms with E-state index in [1.165, 1.54) is 18.5 Å². The Morgan fingerprint density at radius 3 is 3.08 bits per heavy atom. The number of nitrogens with one attached hydrogen (secondary N) is 1. The number of aliphatic hydroxyl groups excluding tert-OH is 1. The molecule has 2 N–H and O–H groups in total. The van der Waals surface area contributed by atoms with Crippen LogP contribution < -0.4 is 5.32 Å². The molecule has 1 unspecified atom stereocenters. The number of likely N-dealkylation sites (tertiary alicyclic amines) is 1. The first kappa shape index (κ1) is 17.7.